The van der Waals surface area contributed by atoms with E-state index in [0.29, 0.717) is 6.54 Å². The van der Waals surface area contributed by atoms with Gasteiger partial charge in [-0.3, -0.25) is 9.36 Å². The molecule has 0 aromatic carbocycles. The molecule has 0 aliphatic carbocycles. The standard InChI is InChI=1S/C14H22ClN5/c1-5-12-14(15)13(19(6-2)18-12)9-20-10(3)11(7-16-4)8-17-20/h8,16H,5-7,9H2,1-4H3. The highest BCUT2D eigenvalue weighted by atomic mass is 35.5. The van der Waals surface area contributed by atoms with Crippen LogP contribution in [0.1, 0.15) is 36.5 Å². The highest BCUT2D eigenvalue weighted by Gasteiger charge is 2.16. The van der Waals surface area contributed by atoms with Gasteiger partial charge in [0.1, 0.15) is 0 Å². The first-order valence-corrected chi connectivity index (χ1v) is 7.40. The maximum atomic E-state index is 6.44. The Morgan fingerprint density at radius 3 is 2.65 bits per heavy atom. The van der Waals surface area contributed by atoms with Crippen molar-refractivity contribution in [1.82, 2.24) is 24.9 Å². The minimum absolute atomic E-state index is 0.662. The Balaban J connectivity index is 2.32. The number of nitrogens with one attached hydrogen (secondary N) is 1. The fraction of sp³-hybridized carbons (Fsp3) is 0.571. The van der Waals surface area contributed by atoms with Crippen LogP contribution in [0.3, 0.4) is 0 Å². The van der Waals surface area contributed by atoms with Crippen LogP contribution in [0, 0.1) is 6.92 Å². The molecule has 2 heterocycles. The van der Waals surface area contributed by atoms with Crippen molar-refractivity contribution in [3.05, 3.63) is 33.9 Å². The van der Waals surface area contributed by atoms with Crippen molar-refractivity contribution < 1.29 is 0 Å². The van der Waals surface area contributed by atoms with Gasteiger partial charge in [-0.2, -0.15) is 10.2 Å². The highest BCUT2D eigenvalue weighted by Crippen LogP contribution is 2.23. The normalized spacial score (nSPS) is 11.2. The summed E-state index contributed by atoms with van der Waals surface area (Å²) in [5.74, 6) is 0. The summed E-state index contributed by atoms with van der Waals surface area (Å²) >= 11 is 6.44. The molecule has 0 atom stereocenters. The molecule has 5 nitrogen and oxygen atoms in total. The Labute approximate surface area is 124 Å². The Bertz CT molecular complexity index is 585. The van der Waals surface area contributed by atoms with Gasteiger partial charge in [-0.15, -0.1) is 0 Å². The van der Waals surface area contributed by atoms with E-state index in [-0.39, 0.29) is 0 Å². The fourth-order valence-corrected chi connectivity index (χ4v) is 2.65. The second-order valence-corrected chi connectivity index (χ2v) is 5.20. The maximum Gasteiger partial charge on any atom is 0.0869 e. The predicted molar refractivity (Wildman–Crippen MR) is 81.1 cm³/mol. The molecule has 6 heteroatoms. The van der Waals surface area contributed by atoms with Crippen molar-refractivity contribution in [2.45, 2.75) is 46.8 Å². The van der Waals surface area contributed by atoms with Crippen molar-refractivity contribution in [1.29, 1.82) is 0 Å². The molecule has 0 aliphatic rings. The van der Waals surface area contributed by atoms with Crippen molar-refractivity contribution in [3.8, 4) is 0 Å². The Morgan fingerprint density at radius 2 is 2.05 bits per heavy atom. The smallest absolute Gasteiger partial charge is 0.0869 e. The summed E-state index contributed by atoms with van der Waals surface area (Å²) in [7, 11) is 1.94. The molecule has 1 N–H and O–H groups in total. The molecular weight excluding hydrogens is 274 g/mol. The Kier molecular flexibility index (Phi) is 4.83. The molecular formula is C14H22ClN5. The van der Waals surface area contributed by atoms with Gasteiger partial charge in [0.15, 0.2) is 0 Å². The zero-order chi connectivity index (χ0) is 14.7. The first kappa shape index (κ1) is 15.1. The molecule has 0 fully saturated rings. The zero-order valence-electron chi connectivity index (χ0n) is 12.6. The van der Waals surface area contributed by atoms with Crippen molar-refractivity contribution in [2.75, 3.05) is 7.05 Å². The molecule has 20 heavy (non-hydrogen) atoms. The van der Waals surface area contributed by atoms with Gasteiger partial charge in [0, 0.05) is 24.3 Å². The summed E-state index contributed by atoms with van der Waals surface area (Å²) in [6.07, 6.45) is 2.76. The van der Waals surface area contributed by atoms with Gasteiger partial charge in [0.05, 0.1) is 29.2 Å². The molecule has 110 valence electrons. The number of hydrogen-bond donors (Lipinski definition) is 1. The van der Waals surface area contributed by atoms with Crippen LogP contribution in [0.4, 0.5) is 0 Å². The number of halogens is 1. The van der Waals surface area contributed by atoms with E-state index in [1.165, 1.54) is 5.56 Å². The van der Waals surface area contributed by atoms with E-state index in [0.717, 1.165) is 41.6 Å². The Hall–Kier alpha value is -1.33. The summed E-state index contributed by atoms with van der Waals surface area (Å²) in [5, 5.41) is 12.9. The molecule has 0 unspecified atom stereocenters. The first-order chi connectivity index (χ1) is 9.62. The van der Waals surface area contributed by atoms with E-state index < -0.39 is 0 Å². The van der Waals surface area contributed by atoms with Gasteiger partial charge in [-0.25, -0.2) is 0 Å². The highest BCUT2D eigenvalue weighted by molar-refractivity contribution is 6.31. The lowest BCUT2D eigenvalue weighted by atomic mass is 10.2. The van der Waals surface area contributed by atoms with Gasteiger partial charge in [-0.05, 0) is 27.3 Å². The van der Waals surface area contributed by atoms with Crippen LogP contribution in [0.2, 0.25) is 5.02 Å². The van der Waals surface area contributed by atoms with Crippen LogP contribution in [0.15, 0.2) is 6.20 Å². The van der Waals surface area contributed by atoms with Crippen molar-refractivity contribution in [2.24, 2.45) is 0 Å². The lowest BCUT2D eigenvalue weighted by molar-refractivity contribution is 0.566. The zero-order valence-corrected chi connectivity index (χ0v) is 13.3. The molecule has 0 saturated heterocycles. The van der Waals surface area contributed by atoms with E-state index in [4.69, 9.17) is 11.6 Å². The van der Waals surface area contributed by atoms with E-state index in [9.17, 15) is 0 Å². The maximum absolute atomic E-state index is 6.44. The molecule has 2 aromatic rings. The number of aromatic nitrogens is 4. The Morgan fingerprint density at radius 1 is 1.30 bits per heavy atom. The second-order valence-electron chi connectivity index (χ2n) is 4.82. The first-order valence-electron chi connectivity index (χ1n) is 7.02. The summed E-state index contributed by atoms with van der Waals surface area (Å²) < 4.78 is 3.96. The van der Waals surface area contributed by atoms with E-state index in [1.807, 2.05) is 22.6 Å². The van der Waals surface area contributed by atoms with Crippen LogP contribution in [0.25, 0.3) is 0 Å². The van der Waals surface area contributed by atoms with Gasteiger partial charge in [-0.1, -0.05) is 18.5 Å². The number of rotatable bonds is 6. The minimum atomic E-state index is 0.662. The predicted octanol–water partition coefficient (Wildman–Crippen LogP) is 2.39. The third-order valence-corrected chi connectivity index (χ3v) is 4.00. The van der Waals surface area contributed by atoms with E-state index in [2.05, 4.69) is 36.3 Å². The van der Waals surface area contributed by atoms with Gasteiger partial charge in [0.25, 0.3) is 0 Å². The van der Waals surface area contributed by atoms with E-state index >= 15 is 0 Å². The van der Waals surface area contributed by atoms with Crippen LogP contribution in [-0.4, -0.2) is 26.6 Å². The third-order valence-electron chi connectivity index (χ3n) is 3.57. The lowest BCUT2D eigenvalue weighted by Gasteiger charge is -2.08. The monoisotopic (exact) mass is 295 g/mol. The second kappa shape index (κ2) is 6.41. The number of nitrogens with zero attached hydrogens (tertiary/aromatic N) is 4. The van der Waals surface area contributed by atoms with Crippen LogP contribution in [-0.2, 0) is 26.1 Å². The average molecular weight is 296 g/mol. The largest absolute Gasteiger partial charge is 0.316 e. The third kappa shape index (κ3) is 2.74. The topological polar surface area (TPSA) is 47.7 Å². The molecule has 0 aliphatic heterocycles. The minimum Gasteiger partial charge on any atom is -0.316 e. The molecule has 2 rings (SSSR count). The molecule has 0 amide bonds. The van der Waals surface area contributed by atoms with Crippen LogP contribution in [0.5, 0.6) is 0 Å². The number of hydrogen-bond acceptors (Lipinski definition) is 3. The summed E-state index contributed by atoms with van der Waals surface area (Å²) in [6, 6.07) is 0. The molecule has 0 saturated carbocycles. The summed E-state index contributed by atoms with van der Waals surface area (Å²) in [4.78, 5) is 0. The molecule has 0 bridgehead atoms. The van der Waals surface area contributed by atoms with Gasteiger partial charge >= 0.3 is 0 Å². The lowest BCUT2D eigenvalue weighted by Crippen LogP contribution is -2.11. The molecule has 2 aromatic heterocycles. The van der Waals surface area contributed by atoms with Crippen LogP contribution < -0.4 is 5.32 Å². The molecule has 0 radical (unpaired) electrons. The van der Waals surface area contributed by atoms with Crippen molar-refractivity contribution in [3.63, 3.8) is 0 Å². The summed E-state index contributed by atoms with van der Waals surface area (Å²) in [6.45, 7) is 8.54. The quantitative estimate of drug-likeness (QED) is 0.890. The number of aryl methyl sites for hydroxylation is 2. The van der Waals surface area contributed by atoms with Crippen molar-refractivity contribution >= 4 is 11.6 Å². The van der Waals surface area contributed by atoms with Crippen LogP contribution >= 0.6 is 11.6 Å². The average Bonchev–Trinajstić information content (AvgIpc) is 2.94. The summed E-state index contributed by atoms with van der Waals surface area (Å²) in [5.41, 5.74) is 4.37. The SMILES string of the molecule is CCc1nn(CC)c(Cn2ncc(CNC)c2C)c1Cl. The molecule has 0 spiro atoms. The fourth-order valence-electron chi connectivity index (χ4n) is 2.32. The van der Waals surface area contributed by atoms with Gasteiger partial charge < -0.3 is 5.32 Å². The van der Waals surface area contributed by atoms with E-state index in [1.54, 1.807) is 0 Å². The van der Waals surface area contributed by atoms with Gasteiger partial charge in [0.2, 0.25) is 0 Å².